The Kier molecular flexibility index (Phi) is 4.96. The predicted molar refractivity (Wildman–Crippen MR) is 81.3 cm³/mol. The van der Waals surface area contributed by atoms with Gasteiger partial charge in [0.05, 0.1) is 12.1 Å². The van der Waals surface area contributed by atoms with E-state index < -0.39 is 5.54 Å². The highest BCUT2D eigenvalue weighted by molar-refractivity contribution is 5.92. The normalized spacial score (nSPS) is 17.5. The molecular weight excluding hydrogens is 250 g/mol. The number of nitrogens with one attached hydrogen (secondary N) is 1. The van der Waals surface area contributed by atoms with E-state index >= 15 is 0 Å². The molecule has 0 aliphatic heterocycles. The summed E-state index contributed by atoms with van der Waals surface area (Å²) < 4.78 is 0. The van der Waals surface area contributed by atoms with Crippen LogP contribution in [0.25, 0.3) is 6.08 Å². The minimum Gasteiger partial charge on any atom is -0.394 e. The van der Waals surface area contributed by atoms with Gasteiger partial charge in [0.15, 0.2) is 0 Å². The van der Waals surface area contributed by atoms with Crippen molar-refractivity contribution >= 4 is 12.0 Å². The van der Waals surface area contributed by atoms with Crippen LogP contribution in [0, 0.1) is 0 Å². The maximum atomic E-state index is 12.0. The zero-order chi connectivity index (χ0) is 14.4. The van der Waals surface area contributed by atoms with E-state index in [2.05, 4.69) is 24.4 Å². The van der Waals surface area contributed by atoms with Crippen LogP contribution >= 0.6 is 0 Å². The molecule has 0 radical (unpaired) electrons. The van der Waals surface area contributed by atoms with Gasteiger partial charge in [0.25, 0.3) is 0 Å². The number of carbonyl (C=O) groups excluding carboxylic acids is 1. The second kappa shape index (κ2) is 6.71. The quantitative estimate of drug-likeness (QED) is 0.810. The number of benzene rings is 1. The molecule has 1 aromatic rings. The Labute approximate surface area is 120 Å². The fourth-order valence-electron chi connectivity index (χ4n) is 2.71. The molecule has 0 atom stereocenters. The summed E-state index contributed by atoms with van der Waals surface area (Å²) in [5.41, 5.74) is 1.91. The largest absolute Gasteiger partial charge is 0.394 e. The SMILES string of the molecule is CCc1ccc(C=CC(=O)NC2(CO)CCCC2)cc1. The number of aliphatic hydroxyl groups excluding tert-OH is 1. The predicted octanol–water partition coefficient (Wildman–Crippen LogP) is 2.68. The van der Waals surface area contributed by atoms with Crippen LogP contribution in [0.1, 0.15) is 43.7 Å². The highest BCUT2D eigenvalue weighted by atomic mass is 16.3. The Balaban J connectivity index is 1.94. The molecule has 3 heteroatoms. The van der Waals surface area contributed by atoms with Crippen LogP contribution in [0.2, 0.25) is 0 Å². The summed E-state index contributed by atoms with van der Waals surface area (Å²) in [5, 5.41) is 12.4. The molecule has 3 nitrogen and oxygen atoms in total. The second-order valence-electron chi connectivity index (χ2n) is 5.56. The number of aliphatic hydroxyl groups is 1. The third kappa shape index (κ3) is 3.70. The van der Waals surface area contributed by atoms with Gasteiger partial charge in [-0.05, 0) is 36.5 Å². The van der Waals surface area contributed by atoms with Crippen molar-refractivity contribution in [3.05, 3.63) is 41.5 Å². The average molecular weight is 273 g/mol. The van der Waals surface area contributed by atoms with E-state index in [0.29, 0.717) is 0 Å². The third-order valence-electron chi connectivity index (χ3n) is 4.07. The topological polar surface area (TPSA) is 49.3 Å². The van der Waals surface area contributed by atoms with E-state index in [0.717, 1.165) is 37.7 Å². The van der Waals surface area contributed by atoms with Crippen LogP contribution in [0.5, 0.6) is 0 Å². The Morgan fingerprint density at radius 3 is 2.50 bits per heavy atom. The first-order chi connectivity index (χ1) is 9.67. The first kappa shape index (κ1) is 14.8. The van der Waals surface area contributed by atoms with Crippen molar-refractivity contribution in [2.45, 2.75) is 44.6 Å². The van der Waals surface area contributed by atoms with Crippen molar-refractivity contribution in [3.63, 3.8) is 0 Å². The Morgan fingerprint density at radius 2 is 1.95 bits per heavy atom. The molecule has 1 aliphatic carbocycles. The molecule has 0 aromatic heterocycles. The molecule has 2 rings (SSSR count). The van der Waals surface area contributed by atoms with Crippen LogP contribution in [-0.2, 0) is 11.2 Å². The summed E-state index contributed by atoms with van der Waals surface area (Å²) >= 11 is 0. The number of aryl methyl sites for hydroxylation is 1. The van der Waals surface area contributed by atoms with Crippen molar-refractivity contribution in [1.29, 1.82) is 0 Å². The van der Waals surface area contributed by atoms with Gasteiger partial charge in [-0.2, -0.15) is 0 Å². The van der Waals surface area contributed by atoms with Gasteiger partial charge in [0.1, 0.15) is 0 Å². The molecule has 108 valence electrons. The lowest BCUT2D eigenvalue weighted by atomic mass is 9.99. The van der Waals surface area contributed by atoms with Gasteiger partial charge in [-0.1, -0.05) is 44.0 Å². The van der Waals surface area contributed by atoms with Crippen molar-refractivity contribution in [2.24, 2.45) is 0 Å². The lowest BCUT2D eigenvalue weighted by molar-refractivity contribution is -0.118. The van der Waals surface area contributed by atoms with Crippen LogP contribution in [-0.4, -0.2) is 23.2 Å². The van der Waals surface area contributed by atoms with Crippen LogP contribution in [0.15, 0.2) is 30.3 Å². The van der Waals surface area contributed by atoms with Gasteiger partial charge < -0.3 is 10.4 Å². The minimum atomic E-state index is -0.395. The average Bonchev–Trinajstić information content (AvgIpc) is 2.95. The van der Waals surface area contributed by atoms with Crippen LogP contribution in [0.4, 0.5) is 0 Å². The molecule has 20 heavy (non-hydrogen) atoms. The first-order valence-electron chi connectivity index (χ1n) is 7.37. The molecule has 0 heterocycles. The fourth-order valence-corrected chi connectivity index (χ4v) is 2.71. The minimum absolute atomic E-state index is 0.0256. The zero-order valence-corrected chi connectivity index (χ0v) is 12.1. The lowest BCUT2D eigenvalue weighted by Gasteiger charge is -2.27. The van der Waals surface area contributed by atoms with E-state index in [1.54, 1.807) is 6.08 Å². The van der Waals surface area contributed by atoms with E-state index in [1.165, 1.54) is 5.56 Å². The molecule has 1 aliphatic rings. The molecule has 1 saturated carbocycles. The molecule has 0 saturated heterocycles. The monoisotopic (exact) mass is 273 g/mol. The molecular formula is C17H23NO2. The fraction of sp³-hybridized carbons (Fsp3) is 0.471. The molecule has 0 spiro atoms. The summed E-state index contributed by atoms with van der Waals surface area (Å²) in [6.07, 6.45) is 8.27. The van der Waals surface area contributed by atoms with Crippen molar-refractivity contribution in [3.8, 4) is 0 Å². The second-order valence-corrected chi connectivity index (χ2v) is 5.56. The summed E-state index contributed by atoms with van der Waals surface area (Å²) in [4.78, 5) is 12.0. The molecule has 0 bridgehead atoms. The van der Waals surface area contributed by atoms with E-state index in [1.807, 2.05) is 18.2 Å². The van der Waals surface area contributed by atoms with Gasteiger partial charge in [0, 0.05) is 6.08 Å². The summed E-state index contributed by atoms with van der Waals surface area (Å²) in [7, 11) is 0. The van der Waals surface area contributed by atoms with Gasteiger partial charge in [-0.3, -0.25) is 4.79 Å². The Bertz CT molecular complexity index is 470. The van der Waals surface area contributed by atoms with Gasteiger partial charge in [0.2, 0.25) is 5.91 Å². The van der Waals surface area contributed by atoms with Crippen LogP contribution in [0.3, 0.4) is 0 Å². The first-order valence-corrected chi connectivity index (χ1v) is 7.37. The Hall–Kier alpha value is -1.61. The summed E-state index contributed by atoms with van der Waals surface area (Å²) in [6.45, 7) is 2.14. The number of amides is 1. The van der Waals surface area contributed by atoms with E-state index in [-0.39, 0.29) is 12.5 Å². The van der Waals surface area contributed by atoms with Gasteiger partial charge in [-0.15, -0.1) is 0 Å². The molecule has 1 fully saturated rings. The number of rotatable bonds is 5. The zero-order valence-electron chi connectivity index (χ0n) is 12.1. The van der Waals surface area contributed by atoms with Crippen molar-refractivity contribution in [2.75, 3.05) is 6.61 Å². The molecule has 2 N–H and O–H groups in total. The highest BCUT2D eigenvalue weighted by Gasteiger charge is 2.33. The van der Waals surface area contributed by atoms with Gasteiger partial charge in [-0.25, -0.2) is 0 Å². The molecule has 1 aromatic carbocycles. The van der Waals surface area contributed by atoms with Crippen molar-refractivity contribution in [1.82, 2.24) is 5.32 Å². The molecule has 1 amide bonds. The number of hydrogen-bond donors (Lipinski definition) is 2. The number of hydrogen-bond acceptors (Lipinski definition) is 2. The van der Waals surface area contributed by atoms with E-state index in [9.17, 15) is 9.90 Å². The van der Waals surface area contributed by atoms with Crippen LogP contribution < -0.4 is 5.32 Å². The van der Waals surface area contributed by atoms with E-state index in [4.69, 9.17) is 0 Å². The standard InChI is InChI=1S/C17H23NO2/c1-2-14-5-7-15(8-6-14)9-10-16(20)18-17(13-19)11-3-4-12-17/h5-10,19H,2-4,11-13H2,1H3,(H,18,20). The molecule has 0 unspecified atom stereocenters. The summed E-state index contributed by atoms with van der Waals surface area (Å²) in [5.74, 6) is -0.125. The lowest BCUT2D eigenvalue weighted by Crippen LogP contribution is -2.48. The third-order valence-corrected chi connectivity index (χ3v) is 4.07. The Morgan fingerprint density at radius 1 is 1.30 bits per heavy atom. The number of carbonyl (C=O) groups is 1. The van der Waals surface area contributed by atoms with Crippen molar-refractivity contribution < 1.29 is 9.90 Å². The maximum absolute atomic E-state index is 12.0. The van der Waals surface area contributed by atoms with Gasteiger partial charge >= 0.3 is 0 Å². The summed E-state index contributed by atoms with van der Waals surface area (Å²) in [6, 6.07) is 8.17. The smallest absolute Gasteiger partial charge is 0.244 e. The highest BCUT2D eigenvalue weighted by Crippen LogP contribution is 2.29. The maximum Gasteiger partial charge on any atom is 0.244 e.